The van der Waals surface area contributed by atoms with Gasteiger partial charge in [0, 0.05) is 29.5 Å². The maximum atomic E-state index is 11.6. The van der Waals surface area contributed by atoms with Crippen LogP contribution in [-0.4, -0.2) is 26.7 Å². The summed E-state index contributed by atoms with van der Waals surface area (Å²) in [5.74, 6) is 0. The third kappa shape index (κ3) is 9.26. The Morgan fingerprint density at radius 2 is 1.54 bits per heavy atom. The number of hydrogen-bond donors (Lipinski definition) is 2. The Labute approximate surface area is 90.6 Å². The van der Waals surface area contributed by atoms with E-state index < -0.39 is 6.55 Å². The van der Waals surface area contributed by atoms with E-state index in [4.69, 9.17) is 0 Å². The summed E-state index contributed by atoms with van der Waals surface area (Å²) < 4.78 is 24.0. The molecule has 0 spiro atoms. The summed E-state index contributed by atoms with van der Waals surface area (Å²) >= 11 is 4.09. The molecule has 74 valence electrons. The molecule has 3 nitrogen and oxygen atoms in total. The van der Waals surface area contributed by atoms with Gasteiger partial charge >= 0.3 is 6.55 Å². The van der Waals surface area contributed by atoms with Crippen LogP contribution in [0.1, 0.15) is 6.55 Å². The zero-order chi connectivity index (χ0) is 9.56. The monoisotopic (exact) mass is 273 g/mol. The summed E-state index contributed by atoms with van der Waals surface area (Å²) in [6, 6.07) is 3.12. The van der Waals surface area contributed by atoms with Crippen molar-refractivity contribution in [1.29, 1.82) is 0 Å². The third-order valence-electron chi connectivity index (χ3n) is 0.853. The molecular weight excluding hydrogens is 263 g/mol. The molecule has 1 heterocycles. The van der Waals surface area contributed by atoms with Crippen molar-refractivity contribution in [1.82, 2.24) is 4.57 Å². The molecule has 4 N–H and O–H groups in total. The second kappa shape index (κ2) is 7.97. The van der Waals surface area contributed by atoms with Gasteiger partial charge in [0.15, 0.2) is 5.11 Å². The van der Waals surface area contributed by atoms with E-state index in [2.05, 4.69) is 23.7 Å². The minimum Gasteiger partial charge on any atom is -0.377 e. The molecule has 0 aliphatic heterocycles. The van der Waals surface area contributed by atoms with E-state index in [0.29, 0.717) is 0 Å². The predicted molar refractivity (Wildman–Crippen MR) is 52.4 cm³/mol. The van der Waals surface area contributed by atoms with E-state index in [1.165, 1.54) is 12.4 Å². The van der Waals surface area contributed by atoms with Crippen molar-refractivity contribution in [2.45, 2.75) is 6.55 Å². The molecule has 0 saturated heterocycles. The van der Waals surface area contributed by atoms with E-state index in [-0.39, 0.29) is 22.2 Å². The van der Waals surface area contributed by atoms with E-state index in [1.54, 1.807) is 12.1 Å². The number of thiocarbonyl (C=S) groups is 1. The summed E-state index contributed by atoms with van der Waals surface area (Å²) in [6.07, 6.45) is 2.65. The SMILES string of the molecule is FC(F)n1cccc1.NC(N)=S.[Se]. The topological polar surface area (TPSA) is 57.0 Å². The fourth-order valence-corrected chi connectivity index (χ4v) is 0.478. The Bertz CT molecular complexity index is 224. The average Bonchev–Trinajstić information content (AvgIpc) is 2.34. The molecule has 0 aromatic carbocycles. The normalized spacial score (nSPS) is 8.23. The molecular formula is C6H9F2N3SSe. The molecule has 0 fully saturated rings. The Balaban J connectivity index is 0. The molecule has 7 heteroatoms. The summed E-state index contributed by atoms with van der Waals surface area (Å²) in [5, 5.41) is 0.000000000000000222. The number of alkyl halides is 2. The molecule has 0 bridgehead atoms. The number of nitrogens with zero attached hydrogens (tertiary/aromatic N) is 1. The summed E-state index contributed by atoms with van der Waals surface area (Å²) in [6.45, 7) is -2.40. The molecule has 2 radical (unpaired) electrons. The minimum atomic E-state index is -2.40. The van der Waals surface area contributed by atoms with Crippen molar-refractivity contribution < 1.29 is 8.78 Å². The Hall–Kier alpha value is -0.651. The second-order valence-corrected chi connectivity index (χ2v) is 2.28. The van der Waals surface area contributed by atoms with Gasteiger partial charge in [0.1, 0.15) is 0 Å². The molecule has 13 heavy (non-hydrogen) atoms. The van der Waals surface area contributed by atoms with Crippen LogP contribution in [0.4, 0.5) is 8.78 Å². The summed E-state index contributed by atoms with van der Waals surface area (Å²) in [4.78, 5) is 0. The predicted octanol–water partition coefficient (Wildman–Crippen LogP) is 0.691. The number of hydrogen-bond acceptors (Lipinski definition) is 1. The molecule has 0 atom stereocenters. The van der Waals surface area contributed by atoms with Crippen LogP contribution in [0.25, 0.3) is 0 Å². The summed E-state index contributed by atoms with van der Waals surface area (Å²) in [7, 11) is 0. The first-order valence-corrected chi connectivity index (χ1v) is 3.40. The zero-order valence-corrected chi connectivity index (χ0v) is 9.09. The van der Waals surface area contributed by atoms with Crippen LogP contribution in [0, 0.1) is 0 Å². The first-order chi connectivity index (χ1) is 5.54. The van der Waals surface area contributed by atoms with Crippen molar-refractivity contribution in [2.75, 3.05) is 0 Å². The minimum absolute atomic E-state index is 0. The summed E-state index contributed by atoms with van der Waals surface area (Å²) in [5.41, 5.74) is 9.24. The van der Waals surface area contributed by atoms with Crippen LogP contribution < -0.4 is 11.5 Å². The van der Waals surface area contributed by atoms with Crippen molar-refractivity contribution in [3.05, 3.63) is 24.5 Å². The Morgan fingerprint density at radius 3 is 1.69 bits per heavy atom. The van der Waals surface area contributed by atoms with Gasteiger partial charge in [0.05, 0.1) is 0 Å². The Morgan fingerprint density at radius 1 is 1.23 bits per heavy atom. The van der Waals surface area contributed by atoms with Gasteiger partial charge < -0.3 is 11.5 Å². The van der Waals surface area contributed by atoms with E-state index >= 15 is 0 Å². The van der Waals surface area contributed by atoms with E-state index in [9.17, 15) is 8.78 Å². The van der Waals surface area contributed by atoms with Crippen LogP contribution in [-0.2, 0) is 0 Å². The van der Waals surface area contributed by atoms with Gasteiger partial charge in [0.2, 0.25) is 0 Å². The van der Waals surface area contributed by atoms with Gasteiger partial charge in [-0.1, -0.05) is 0 Å². The van der Waals surface area contributed by atoms with Crippen molar-refractivity contribution >= 4 is 34.4 Å². The molecule has 0 aliphatic rings. The Kier molecular flexibility index (Phi) is 9.11. The number of halogens is 2. The van der Waals surface area contributed by atoms with E-state index in [0.717, 1.165) is 4.57 Å². The second-order valence-electron chi connectivity index (χ2n) is 1.81. The van der Waals surface area contributed by atoms with Crippen molar-refractivity contribution in [2.24, 2.45) is 11.5 Å². The maximum Gasteiger partial charge on any atom is 0.318 e. The van der Waals surface area contributed by atoms with Crippen LogP contribution in [0.3, 0.4) is 0 Å². The van der Waals surface area contributed by atoms with Gasteiger partial charge in [0.25, 0.3) is 0 Å². The third-order valence-corrected chi connectivity index (χ3v) is 0.853. The fraction of sp³-hybridized carbons (Fsp3) is 0.167. The first kappa shape index (κ1) is 14.9. The maximum absolute atomic E-state index is 11.6. The smallest absolute Gasteiger partial charge is 0.318 e. The molecule has 1 aromatic rings. The van der Waals surface area contributed by atoms with Gasteiger partial charge in [-0.2, -0.15) is 8.78 Å². The van der Waals surface area contributed by atoms with Crippen LogP contribution in [0.5, 0.6) is 0 Å². The quantitative estimate of drug-likeness (QED) is 0.584. The first-order valence-electron chi connectivity index (χ1n) is 2.99. The zero-order valence-electron chi connectivity index (χ0n) is 6.56. The fourth-order valence-electron chi connectivity index (χ4n) is 0.478. The van der Waals surface area contributed by atoms with Crippen LogP contribution >= 0.6 is 12.2 Å². The van der Waals surface area contributed by atoms with Gasteiger partial charge in [-0.15, -0.1) is 0 Å². The van der Waals surface area contributed by atoms with Gasteiger partial charge in [-0.3, -0.25) is 4.57 Å². The van der Waals surface area contributed by atoms with Gasteiger partial charge in [-0.25, -0.2) is 0 Å². The van der Waals surface area contributed by atoms with Gasteiger partial charge in [-0.05, 0) is 24.4 Å². The number of rotatable bonds is 1. The molecule has 1 aromatic heterocycles. The number of aromatic nitrogens is 1. The largest absolute Gasteiger partial charge is 0.377 e. The molecule has 0 amide bonds. The molecule has 0 aliphatic carbocycles. The molecule has 0 saturated carbocycles. The molecule has 0 unspecified atom stereocenters. The van der Waals surface area contributed by atoms with Crippen LogP contribution in [0.15, 0.2) is 24.5 Å². The van der Waals surface area contributed by atoms with Crippen LogP contribution in [0.2, 0.25) is 0 Å². The number of nitrogens with two attached hydrogens (primary N) is 2. The van der Waals surface area contributed by atoms with Crippen molar-refractivity contribution in [3.8, 4) is 0 Å². The molecule has 1 rings (SSSR count). The van der Waals surface area contributed by atoms with Crippen molar-refractivity contribution in [3.63, 3.8) is 0 Å². The van der Waals surface area contributed by atoms with E-state index in [1.807, 2.05) is 0 Å². The average molecular weight is 272 g/mol. The standard InChI is InChI=1S/C5H5F2N.CH4N2S.Se/c6-5(7)8-3-1-2-4-8;2-1(3)4;/h1-5H;(H4,2,3,4);.